The molecule has 0 radical (unpaired) electrons. The third-order valence-electron chi connectivity index (χ3n) is 3.62. The first-order chi connectivity index (χ1) is 11.4. The quantitative estimate of drug-likeness (QED) is 0.871. The number of alkyl halides is 3. The summed E-state index contributed by atoms with van der Waals surface area (Å²) in [6, 6.07) is 2.79. The molecule has 7 nitrogen and oxygen atoms in total. The molecule has 0 aromatic carbocycles. The van der Waals surface area contributed by atoms with Gasteiger partial charge in [0.2, 0.25) is 0 Å². The average molecular weight is 380 g/mol. The van der Waals surface area contributed by atoms with Gasteiger partial charge in [-0.3, -0.25) is 4.90 Å². The maximum atomic E-state index is 12.4. The van der Waals surface area contributed by atoms with Gasteiger partial charge >= 0.3 is 6.18 Å². The summed E-state index contributed by atoms with van der Waals surface area (Å²) < 4.78 is 47.0. The topological polar surface area (TPSA) is 76.3 Å². The highest BCUT2D eigenvalue weighted by Crippen LogP contribution is 2.29. The number of pyridine rings is 1. The van der Waals surface area contributed by atoms with Crippen LogP contribution in [0.5, 0.6) is 5.75 Å². The van der Waals surface area contributed by atoms with E-state index < -0.39 is 12.8 Å². The molecule has 1 aliphatic rings. The molecule has 2 aromatic rings. The number of ether oxygens (including phenoxy) is 1. The van der Waals surface area contributed by atoms with E-state index in [2.05, 4.69) is 25.3 Å². The Morgan fingerprint density at radius 3 is 2.96 bits per heavy atom. The fourth-order valence-corrected chi connectivity index (χ4v) is 2.39. The van der Waals surface area contributed by atoms with Crippen LogP contribution in [-0.2, 0) is 0 Å². The van der Waals surface area contributed by atoms with Crippen molar-refractivity contribution in [1.29, 1.82) is 0 Å². The van der Waals surface area contributed by atoms with Gasteiger partial charge in [0.25, 0.3) is 5.89 Å². The molecule has 1 aliphatic heterocycles. The monoisotopic (exact) mass is 379 g/mol. The van der Waals surface area contributed by atoms with Gasteiger partial charge in [-0.1, -0.05) is 5.16 Å². The number of likely N-dealkylation sites (N-methyl/N-ethyl adjacent to an activating group) is 1. The molecule has 0 aliphatic carbocycles. The Hall–Kier alpha value is -1.91. The maximum absolute atomic E-state index is 12.4. The van der Waals surface area contributed by atoms with Crippen LogP contribution in [0, 0.1) is 0 Å². The Balaban J connectivity index is 0.00000225. The molecule has 0 saturated carbocycles. The second-order valence-corrected chi connectivity index (χ2v) is 5.41. The molecular formula is C14H17ClF3N5O2. The second-order valence-electron chi connectivity index (χ2n) is 5.41. The van der Waals surface area contributed by atoms with Gasteiger partial charge in [-0.05, 0) is 19.2 Å². The number of nitrogens with zero attached hydrogens (tertiary/aromatic N) is 4. The third-order valence-corrected chi connectivity index (χ3v) is 3.62. The van der Waals surface area contributed by atoms with E-state index >= 15 is 0 Å². The van der Waals surface area contributed by atoms with E-state index in [0.717, 1.165) is 13.1 Å². The summed E-state index contributed by atoms with van der Waals surface area (Å²) in [5.41, 5.74) is 0.0897. The minimum Gasteiger partial charge on any atom is -0.482 e. The van der Waals surface area contributed by atoms with Gasteiger partial charge in [-0.15, -0.1) is 12.4 Å². The van der Waals surface area contributed by atoms with E-state index in [0.29, 0.717) is 12.4 Å². The van der Waals surface area contributed by atoms with Crippen molar-refractivity contribution < 1.29 is 22.4 Å². The Bertz CT molecular complexity index is 697. The van der Waals surface area contributed by atoms with Crippen molar-refractivity contribution >= 4 is 12.4 Å². The van der Waals surface area contributed by atoms with E-state index in [1.807, 2.05) is 7.05 Å². The molecule has 0 spiro atoms. The standard InChI is InChI=1S/C14H16F3N5O2.ClH/c1-22-6-5-18-7-9(22)12-20-13(24-21-12)11-10(3-2-4-19-11)23-8-14(15,16)17;/h2-4,9,18H,5-8H2,1H3;1H. The van der Waals surface area contributed by atoms with Gasteiger partial charge in [0.15, 0.2) is 23.9 Å². The summed E-state index contributed by atoms with van der Waals surface area (Å²) in [5, 5.41) is 7.16. The average Bonchev–Trinajstić information content (AvgIpc) is 3.02. The number of aromatic nitrogens is 3. The number of rotatable bonds is 4. The van der Waals surface area contributed by atoms with Crippen molar-refractivity contribution in [2.75, 3.05) is 33.3 Å². The van der Waals surface area contributed by atoms with Gasteiger partial charge in [0.1, 0.15) is 0 Å². The SMILES string of the molecule is CN1CCNCC1c1noc(-c2ncccc2OCC(F)(F)F)n1.Cl. The van der Waals surface area contributed by atoms with Gasteiger partial charge < -0.3 is 14.6 Å². The van der Waals surface area contributed by atoms with Crippen LogP contribution in [0.3, 0.4) is 0 Å². The molecular weight excluding hydrogens is 363 g/mol. The molecule has 1 atom stereocenters. The molecule has 0 bridgehead atoms. The Morgan fingerprint density at radius 2 is 2.24 bits per heavy atom. The predicted octanol–water partition coefficient (Wildman–Crippen LogP) is 2.07. The molecule has 0 amide bonds. The lowest BCUT2D eigenvalue weighted by atomic mass is 10.2. The summed E-state index contributed by atoms with van der Waals surface area (Å²) in [4.78, 5) is 10.4. The molecule has 1 saturated heterocycles. The predicted molar refractivity (Wildman–Crippen MR) is 84.6 cm³/mol. The smallest absolute Gasteiger partial charge is 0.422 e. The van der Waals surface area contributed by atoms with Gasteiger partial charge in [0, 0.05) is 25.8 Å². The lowest BCUT2D eigenvalue weighted by molar-refractivity contribution is -0.153. The van der Waals surface area contributed by atoms with Crippen LogP contribution >= 0.6 is 12.4 Å². The highest BCUT2D eigenvalue weighted by Gasteiger charge is 2.30. The van der Waals surface area contributed by atoms with Crippen molar-refractivity contribution in [2.45, 2.75) is 12.2 Å². The lowest BCUT2D eigenvalue weighted by Crippen LogP contribution is -2.44. The van der Waals surface area contributed by atoms with Gasteiger partial charge in [-0.25, -0.2) is 4.98 Å². The lowest BCUT2D eigenvalue weighted by Gasteiger charge is -2.30. The molecule has 3 heterocycles. The van der Waals surface area contributed by atoms with Crippen molar-refractivity contribution in [2.24, 2.45) is 0 Å². The Morgan fingerprint density at radius 1 is 1.44 bits per heavy atom. The highest BCUT2D eigenvalue weighted by atomic mass is 35.5. The summed E-state index contributed by atoms with van der Waals surface area (Å²) >= 11 is 0. The maximum Gasteiger partial charge on any atom is 0.422 e. The normalized spacial score (nSPS) is 18.6. The molecule has 11 heteroatoms. The highest BCUT2D eigenvalue weighted by molar-refractivity contribution is 5.85. The first kappa shape index (κ1) is 19.4. The zero-order valence-electron chi connectivity index (χ0n) is 13.3. The molecule has 138 valence electrons. The Labute approximate surface area is 148 Å². The molecule has 1 unspecified atom stereocenters. The summed E-state index contributed by atoms with van der Waals surface area (Å²) in [6.07, 6.45) is -3.02. The largest absolute Gasteiger partial charge is 0.482 e. The van der Waals surface area contributed by atoms with Crippen LogP contribution in [-0.4, -0.2) is 59.5 Å². The molecule has 1 fully saturated rings. The number of piperazine rings is 1. The minimum absolute atomic E-state index is 0. The molecule has 3 rings (SSSR count). The summed E-state index contributed by atoms with van der Waals surface area (Å²) in [7, 11) is 1.94. The fraction of sp³-hybridized carbons (Fsp3) is 0.500. The van der Waals surface area contributed by atoms with Crippen molar-refractivity contribution in [3.05, 3.63) is 24.2 Å². The molecule has 25 heavy (non-hydrogen) atoms. The van der Waals surface area contributed by atoms with Crippen molar-refractivity contribution in [3.63, 3.8) is 0 Å². The third kappa shape index (κ3) is 4.80. The van der Waals surface area contributed by atoms with E-state index in [1.165, 1.54) is 18.3 Å². The first-order valence-electron chi connectivity index (χ1n) is 7.33. The number of halogens is 4. The minimum atomic E-state index is -4.44. The van der Waals surface area contributed by atoms with Crippen LogP contribution in [0.25, 0.3) is 11.6 Å². The Kier molecular flexibility index (Phi) is 6.20. The number of hydrogen-bond acceptors (Lipinski definition) is 7. The van der Waals surface area contributed by atoms with Crippen LogP contribution in [0.2, 0.25) is 0 Å². The van der Waals surface area contributed by atoms with Crippen LogP contribution in [0.15, 0.2) is 22.9 Å². The van der Waals surface area contributed by atoms with Crippen LogP contribution < -0.4 is 10.1 Å². The van der Waals surface area contributed by atoms with Crippen LogP contribution in [0.4, 0.5) is 13.2 Å². The van der Waals surface area contributed by atoms with E-state index in [4.69, 9.17) is 9.26 Å². The van der Waals surface area contributed by atoms with E-state index in [-0.39, 0.29) is 35.8 Å². The van der Waals surface area contributed by atoms with Crippen molar-refractivity contribution in [1.82, 2.24) is 25.3 Å². The zero-order valence-corrected chi connectivity index (χ0v) is 14.1. The molecule has 1 N–H and O–H groups in total. The number of nitrogens with one attached hydrogen (secondary N) is 1. The van der Waals surface area contributed by atoms with Crippen molar-refractivity contribution in [3.8, 4) is 17.3 Å². The van der Waals surface area contributed by atoms with Gasteiger partial charge in [0.05, 0.1) is 6.04 Å². The van der Waals surface area contributed by atoms with Gasteiger partial charge in [-0.2, -0.15) is 18.2 Å². The van der Waals surface area contributed by atoms with E-state index in [9.17, 15) is 13.2 Å². The zero-order chi connectivity index (χ0) is 17.2. The summed E-state index contributed by atoms with van der Waals surface area (Å²) in [5.74, 6) is 0.425. The first-order valence-corrected chi connectivity index (χ1v) is 7.33. The fourth-order valence-electron chi connectivity index (χ4n) is 2.39. The number of hydrogen-bond donors (Lipinski definition) is 1. The summed E-state index contributed by atoms with van der Waals surface area (Å²) in [6.45, 7) is 0.947. The molecule has 2 aromatic heterocycles. The van der Waals surface area contributed by atoms with E-state index in [1.54, 1.807) is 0 Å². The van der Waals surface area contributed by atoms with Crippen LogP contribution in [0.1, 0.15) is 11.9 Å². The second kappa shape index (κ2) is 7.98.